The molecule has 172 valence electrons. The van der Waals surface area contributed by atoms with Crippen molar-refractivity contribution in [3.05, 3.63) is 83.4 Å². The fraction of sp³-hybridized carbons (Fsp3) is 0.385. The van der Waals surface area contributed by atoms with Crippen molar-refractivity contribution in [1.82, 2.24) is 14.7 Å². The van der Waals surface area contributed by atoms with Gasteiger partial charge in [0.1, 0.15) is 5.82 Å². The smallest absolute Gasteiger partial charge is 0.253 e. The van der Waals surface area contributed by atoms with Gasteiger partial charge in [0.25, 0.3) is 5.91 Å². The van der Waals surface area contributed by atoms with Crippen LogP contribution in [0.25, 0.3) is 5.69 Å². The van der Waals surface area contributed by atoms with E-state index in [0.717, 1.165) is 24.2 Å². The molecule has 1 aliphatic carbocycles. The van der Waals surface area contributed by atoms with Crippen molar-refractivity contribution in [2.45, 2.75) is 43.1 Å². The Labute approximate surface area is 192 Å². The first kappa shape index (κ1) is 21.8. The molecular formula is C26H29FN4O2. The first-order valence-corrected chi connectivity index (χ1v) is 11.5. The quantitative estimate of drug-likeness (QED) is 0.607. The van der Waals surface area contributed by atoms with Crippen molar-refractivity contribution >= 4 is 5.91 Å². The average molecular weight is 449 g/mol. The molecule has 1 amide bonds. The molecule has 1 aliphatic heterocycles. The van der Waals surface area contributed by atoms with Gasteiger partial charge in [0, 0.05) is 48.9 Å². The second-order valence-electron chi connectivity index (χ2n) is 9.47. The zero-order valence-electron chi connectivity index (χ0n) is 18.6. The molecule has 33 heavy (non-hydrogen) atoms. The summed E-state index contributed by atoms with van der Waals surface area (Å²) in [5, 5.41) is 15.6. The second kappa shape index (κ2) is 8.39. The van der Waals surface area contributed by atoms with Crippen LogP contribution in [-0.4, -0.2) is 50.9 Å². The molecule has 0 atom stereocenters. The molecule has 0 spiro atoms. The highest BCUT2D eigenvalue weighted by Gasteiger charge is 2.42. The summed E-state index contributed by atoms with van der Waals surface area (Å²) in [6, 6.07) is 15.9. The minimum atomic E-state index is -0.919. The molecule has 2 aliphatic rings. The molecule has 0 radical (unpaired) electrons. The van der Waals surface area contributed by atoms with Crippen LogP contribution in [-0.2, 0) is 11.8 Å². The molecule has 0 unspecified atom stereocenters. The lowest BCUT2D eigenvalue weighted by Gasteiger charge is -2.38. The number of halogens is 1. The van der Waals surface area contributed by atoms with Crippen LogP contribution in [0.1, 0.15) is 47.3 Å². The highest BCUT2D eigenvalue weighted by Crippen LogP contribution is 2.47. The summed E-state index contributed by atoms with van der Waals surface area (Å²) in [6.07, 6.45) is 5.30. The van der Waals surface area contributed by atoms with Gasteiger partial charge in [-0.2, -0.15) is 5.10 Å². The summed E-state index contributed by atoms with van der Waals surface area (Å²) < 4.78 is 15.0. The van der Waals surface area contributed by atoms with Crippen LogP contribution in [0.2, 0.25) is 0 Å². The van der Waals surface area contributed by atoms with Gasteiger partial charge in [-0.05, 0) is 73.7 Å². The first-order chi connectivity index (χ1) is 15.9. The number of carbonyl (C=O) groups excluding carboxylic acids is 1. The molecule has 2 heterocycles. The molecule has 5 rings (SSSR count). The molecule has 6 nitrogen and oxygen atoms in total. The van der Waals surface area contributed by atoms with Gasteiger partial charge in [0.15, 0.2) is 0 Å². The number of hydrogen-bond acceptors (Lipinski definition) is 4. The molecular weight excluding hydrogens is 419 g/mol. The third kappa shape index (κ3) is 4.30. The fourth-order valence-corrected chi connectivity index (χ4v) is 4.83. The Morgan fingerprint density at radius 2 is 1.67 bits per heavy atom. The number of amides is 1. The Balaban J connectivity index is 1.22. The average Bonchev–Trinajstić information content (AvgIpc) is 3.52. The number of likely N-dealkylation sites (tertiary alicyclic amines) is 1. The van der Waals surface area contributed by atoms with Crippen molar-refractivity contribution in [3.8, 4) is 5.69 Å². The maximum atomic E-state index is 13.3. The molecule has 2 aromatic carbocycles. The third-order valence-electron chi connectivity index (χ3n) is 7.27. The summed E-state index contributed by atoms with van der Waals surface area (Å²) in [5.74, 6) is -0.304. The predicted octanol–water partition coefficient (Wildman–Crippen LogP) is 3.21. The van der Waals surface area contributed by atoms with Gasteiger partial charge in [-0.3, -0.25) is 4.79 Å². The van der Waals surface area contributed by atoms with Crippen LogP contribution < -0.4 is 5.73 Å². The molecule has 1 saturated carbocycles. The Morgan fingerprint density at radius 1 is 1.00 bits per heavy atom. The number of nitrogens with zero attached hydrogens (tertiary/aromatic N) is 3. The second-order valence-corrected chi connectivity index (χ2v) is 9.47. The number of benzene rings is 2. The summed E-state index contributed by atoms with van der Waals surface area (Å²) >= 11 is 0. The third-order valence-corrected chi connectivity index (χ3v) is 7.27. The predicted molar refractivity (Wildman–Crippen MR) is 124 cm³/mol. The summed E-state index contributed by atoms with van der Waals surface area (Å²) in [5.41, 5.74) is 8.61. The zero-order valence-corrected chi connectivity index (χ0v) is 18.6. The number of piperidine rings is 1. The van der Waals surface area contributed by atoms with E-state index in [2.05, 4.69) is 5.10 Å². The van der Waals surface area contributed by atoms with E-state index in [9.17, 15) is 14.3 Å². The summed E-state index contributed by atoms with van der Waals surface area (Å²) in [7, 11) is 0. The Morgan fingerprint density at radius 3 is 2.27 bits per heavy atom. The first-order valence-electron chi connectivity index (χ1n) is 11.5. The lowest BCUT2D eigenvalue weighted by Crippen LogP contribution is -2.48. The van der Waals surface area contributed by atoms with Crippen LogP contribution in [0.15, 0.2) is 60.8 Å². The Bertz CT molecular complexity index is 1130. The normalized spacial score (nSPS) is 18.8. The van der Waals surface area contributed by atoms with Gasteiger partial charge < -0.3 is 15.7 Å². The summed E-state index contributed by atoms with van der Waals surface area (Å²) in [6.45, 7) is 1.63. The van der Waals surface area contributed by atoms with E-state index in [1.165, 1.54) is 17.7 Å². The largest absolute Gasteiger partial charge is 0.389 e. The highest BCUT2D eigenvalue weighted by molar-refractivity contribution is 5.94. The monoisotopic (exact) mass is 448 g/mol. The minimum Gasteiger partial charge on any atom is -0.389 e. The molecule has 7 heteroatoms. The van der Waals surface area contributed by atoms with E-state index >= 15 is 0 Å². The Hall–Kier alpha value is -3.03. The van der Waals surface area contributed by atoms with Crippen LogP contribution in [0, 0.1) is 5.82 Å². The van der Waals surface area contributed by atoms with Crippen LogP contribution in [0.4, 0.5) is 4.39 Å². The maximum Gasteiger partial charge on any atom is 0.253 e. The molecule has 3 aromatic rings. The number of hydrogen-bond donors (Lipinski definition) is 2. The van der Waals surface area contributed by atoms with E-state index in [4.69, 9.17) is 5.73 Å². The minimum absolute atomic E-state index is 0.00227. The van der Waals surface area contributed by atoms with Crippen molar-refractivity contribution in [2.75, 3.05) is 19.6 Å². The molecule has 3 N–H and O–H groups in total. The van der Waals surface area contributed by atoms with Crippen molar-refractivity contribution in [3.63, 3.8) is 0 Å². The number of rotatable bonds is 6. The van der Waals surface area contributed by atoms with Gasteiger partial charge in [-0.1, -0.05) is 12.1 Å². The number of aliphatic hydroxyl groups is 1. The van der Waals surface area contributed by atoms with E-state index < -0.39 is 5.60 Å². The van der Waals surface area contributed by atoms with Gasteiger partial charge in [-0.25, -0.2) is 9.07 Å². The zero-order chi connectivity index (χ0) is 23.1. The lowest BCUT2D eigenvalue weighted by atomic mass is 9.86. The standard InChI is InChI=1S/C26H29FN4O2/c27-21-5-7-22(8-6-21)31-23(9-14-29-31)17-26(33)12-15-30(16-13-26)24(32)19-1-3-20(4-2-19)25(18-28)10-11-25/h1-9,14,33H,10-13,15-18,28H2. The van der Waals surface area contributed by atoms with Crippen LogP contribution in [0.5, 0.6) is 0 Å². The van der Waals surface area contributed by atoms with Gasteiger partial charge in [-0.15, -0.1) is 0 Å². The van der Waals surface area contributed by atoms with Gasteiger partial charge >= 0.3 is 0 Å². The van der Waals surface area contributed by atoms with E-state index in [-0.39, 0.29) is 17.1 Å². The van der Waals surface area contributed by atoms with E-state index in [0.29, 0.717) is 44.5 Å². The van der Waals surface area contributed by atoms with Crippen molar-refractivity contribution < 1.29 is 14.3 Å². The van der Waals surface area contributed by atoms with E-state index in [1.54, 1.807) is 23.0 Å². The maximum absolute atomic E-state index is 13.3. The number of carbonyl (C=O) groups is 1. The van der Waals surface area contributed by atoms with Crippen molar-refractivity contribution in [2.24, 2.45) is 5.73 Å². The molecule has 1 saturated heterocycles. The van der Waals surface area contributed by atoms with Crippen LogP contribution >= 0.6 is 0 Å². The van der Waals surface area contributed by atoms with E-state index in [1.807, 2.05) is 35.2 Å². The number of aromatic nitrogens is 2. The lowest BCUT2D eigenvalue weighted by molar-refractivity contribution is -0.0172. The SMILES string of the molecule is NCC1(c2ccc(C(=O)N3CCC(O)(Cc4ccnn4-c4ccc(F)cc4)CC3)cc2)CC1. The van der Waals surface area contributed by atoms with Crippen LogP contribution in [0.3, 0.4) is 0 Å². The van der Waals surface area contributed by atoms with Gasteiger partial charge in [0.05, 0.1) is 11.3 Å². The van der Waals surface area contributed by atoms with Gasteiger partial charge in [0.2, 0.25) is 0 Å². The Kier molecular flexibility index (Phi) is 5.54. The summed E-state index contributed by atoms with van der Waals surface area (Å²) in [4.78, 5) is 14.8. The molecule has 0 bridgehead atoms. The molecule has 2 fully saturated rings. The molecule has 1 aromatic heterocycles. The van der Waals surface area contributed by atoms with Crippen molar-refractivity contribution in [1.29, 1.82) is 0 Å². The highest BCUT2D eigenvalue weighted by atomic mass is 19.1. The number of nitrogens with two attached hydrogens (primary N) is 1. The topological polar surface area (TPSA) is 84.4 Å². The fourth-order valence-electron chi connectivity index (χ4n) is 4.83.